The van der Waals surface area contributed by atoms with Gasteiger partial charge in [0.05, 0.1) is 0 Å². The Bertz CT molecular complexity index is 361. The van der Waals surface area contributed by atoms with E-state index in [-0.39, 0.29) is 5.91 Å². The number of alkyl halides is 1. The van der Waals surface area contributed by atoms with Gasteiger partial charge < -0.3 is 4.90 Å². The van der Waals surface area contributed by atoms with Crippen molar-refractivity contribution in [1.82, 2.24) is 9.80 Å². The maximum atomic E-state index is 12.1. The molecule has 17 heavy (non-hydrogen) atoms. The Kier molecular flexibility index (Phi) is 4.40. The average Bonchev–Trinajstić information content (AvgIpc) is 2.40. The van der Waals surface area contributed by atoms with Crippen LogP contribution >= 0.6 is 11.6 Å². The zero-order chi connectivity index (χ0) is 12.1. The van der Waals surface area contributed by atoms with Crippen molar-refractivity contribution >= 4 is 17.5 Å². The summed E-state index contributed by atoms with van der Waals surface area (Å²) in [6, 6.07) is 9.46. The first-order chi connectivity index (χ1) is 8.31. The fraction of sp³-hybridized carbons (Fsp3) is 0.462. The van der Waals surface area contributed by atoms with Crippen LogP contribution in [0.15, 0.2) is 30.3 Å². The van der Waals surface area contributed by atoms with E-state index in [2.05, 4.69) is 4.90 Å². The normalized spacial score (nSPS) is 17.1. The molecular weight excluding hydrogens is 236 g/mol. The standard InChI is InChI=1S/C13H17ClN2O/c14-6-7-15-8-10-16(11-9-15)13(17)12-4-2-1-3-5-12/h1-5H,6-11H2. The Morgan fingerprint density at radius 2 is 1.76 bits per heavy atom. The molecule has 4 heteroatoms. The maximum absolute atomic E-state index is 12.1. The van der Waals surface area contributed by atoms with Gasteiger partial charge in [0.2, 0.25) is 0 Å². The molecule has 0 bridgehead atoms. The topological polar surface area (TPSA) is 23.6 Å². The van der Waals surface area contributed by atoms with Crippen LogP contribution in [-0.2, 0) is 0 Å². The third kappa shape index (κ3) is 3.20. The number of hydrogen-bond donors (Lipinski definition) is 0. The van der Waals surface area contributed by atoms with Gasteiger partial charge in [-0.05, 0) is 12.1 Å². The van der Waals surface area contributed by atoms with Gasteiger partial charge in [-0.1, -0.05) is 18.2 Å². The van der Waals surface area contributed by atoms with E-state index in [1.807, 2.05) is 35.2 Å². The van der Waals surface area contributed by atoms with E-state index in [0.29, 0.717) is 5.88 Å². The first-order valence-corrected chi connectivity index (χ1v) is 6.47. The molecular formula is C13H17ClN2O. The van der Waals surface area contributed by atoms with E-state index in [1.165, 1.54) is 0 Å². The Labute approximate surface area is 107 Å². The highest BCUT2D eigenvalue weighted by Crippen LogP contribution is 2.08. The summed E-state index contributed by atoms with van der Waals surface area (Å²) in [6.45, 7) is 4.35. The molecule has 1 amide bonds. The van der Waals surface area contributed by atoms with Crippen molar-refractivity contribution < 1.29 is 4.79 Å². The summed E-state index contributed by atoms with van der Waals surface area (Å²) in [5.74, 6) is 0.795. The summed E-state index contributed by atoms with van der Waals surface area (Å²) >= 11 is 5.71. The number of halogens is 1. The van der Waals surface area contributed by atoms with E-state index in [4.69, 9.17) is 11.6 Å². The second-order valence-corrected chi connectivity index (χ2v) is 4.57. The average molecular weight is 253 g/mol. The van der Waals surface area contributed by atoms with Crippen LogP contribution in [0.1, 0.15) is 10.4 Å². The second-order valence-electron chi connectivity index (χ2n) is 4.19. The molecule has 1 saturated heterocycles. The van der Waals surface area contributed by atoms with Crippen molar-refractivity contribution in [2.75, 3.05) is 38.6 Å². The molecule has 92 valence electrons. The largest absolute Gasteiger partial charge is 0.336 e. The minimum atomic E-state index is 0.135. The Morgan fingerprint density at radius 1 is 1.12 bits per heavy atom. The molecule has 0 saturated carbocycles. The van der Waals surface area contributed by atoms with Crippen LogP contribution < -0.4 is 0 Å². The molecule has 1 aromatic rings. The molecule has 1 fully saturated rings. The number of carbonyl (C=O) groups is 1. The van der Waals surface area contributed by atoms with Crippen LogP contribution in [0.5, 0.6) is 0 Å². The minimum absolute atomic E-state index is 0.135. The minimum Gasteiger partial charge on any atom is -0.336 e. The zero-order valence-electron chi connectivity index (χ0n) is 9.81. The summed E-state index contributed by atoms with van der Waals surface area (Å²) in [5, 5.41) is 0. The number of amides is 1. The SMILES string of the molecule is O=C(c1ccccc1)N1CCN(CCCl)CC1. The lowest BCUT2D eigenvalue weighted by atomic mass is 10.2. The third-order valence-electron chi connectivity index (χ3n) is 3.08. The fourth-order valence-corrected chi connectivity index (χ4v) is 2.30. The lowest BCUT2D eigenvalue weighted by Gasteiger charge is -2.34. The number of hydrogen-bond acceptors (Lipinski definition) is 2. The third-order valence-corrected chi connectivity index (χ3v) is 3.25. The summed E-state index contributed by atoms with van der Waals surface area (Å²) in [6.07, 6.45) is 0. The number of carbonyl (C=O) groups excluding carboxylic acids is 1. The summed E-state index contributed by atoms with van der Waals surface area (Å²) in [5.41, 5.74) is 0.776. The zero-order valence-corrected chi connectivity index (χ0v) is 10.6. The fourth-order valence-electron chi connectivity index (χ4n) is 2.06. The van der Waals surface area contributed by atoms with Gasteiger partial charge in [-0.2, -0.15) is 0 Å². The van der Waals surface area contributed by atoms with Crippen LogP contribution in [-0.4, -0.2) is 54.3 Å². The highest BCUT2D eigenvalue weighted by atomic mass is 35.5. The first kappa shape index (κ1) is 12.4. The van der Waals surface area contributed by atoms with E-state index >= 15 is 0 Å². The molecule has 1 aliphatic heterocycles. The van der Waals surface area contributed by atoms with Crippen LogP contribution in [0.2, 0.25) is 0 Å². The van der Waals surface area contributed by atoms with E-state index in [9.17, 15) is 4.79 Å². The van der Waals surface area contributed by atoms with Crippen molar-refractivity contribution in [1.29, 1.82) is 0 Å². The van der Waals surface area contributed by atoms with Gasteiger partial charge in [0.25, 0.3) is 5.91 Å². The van der Waals surface area contributed by atoms with Crippen LogP contribution in [0, 0.1) is 0 Å². The highest BCUT2D eigenvalue weighted by Gasteiger charge is 2.21. The van der Waals surface area contributed by atoms with Gasteiger partial charge in [-0.3, -0.25) is 9.69 Å². The number of benzene rings is 1. The number of rotatable bonds is 3. The van der Waals surface area contributed by atoms with Crippen LogP contribution in [0.25, 0.3) is 0 Å². The van der Waals surface area contributed by atoms with Gasteiger partial charge in [-0.15, -0.1) is 11.6 Å². The monoisotopic (exact) mass is 252 g/mol. The maximum Gasteiger partial charge on any atom is 0.253 e. The molecule has 0 aromatic heterocycles. The summed E-state index contributed by atoms with van der Waals surface area (Å²) in [7, 11) is 0. The van der Waals surface area contributed by atoms with Crippen LogP contribution in [0.4, 0.5) is 0 Å². The molecule has 3 nitrogen and oxygen atoms in total. The lowest BCUT2D eigenvalue weighted by Crippen LogP contribution is -2.49. The Morgan fingerprint density at radius 3 is 2.35 bits per heavy atom. The van der Waals surface area contributed by atoms with Gasteiger partial charge in [0.15, 0.2) is 0 Å². The molecule has 1 heterocycles. The van der Waals surface area contributed by atoms with Crippen molar-refractivity contribution in [3.05, 3.63) is 35.9 Å². The quantitative estimate of drug-likeness (QED) is 0.765. The number of nitrogens with zero attached hydrogens (tertiary/aromatic N) is 2. The lowest BCUT2D eigenvalue weighted by molar-refractivity contribution is 0.0644. The van der Waals surface area contributed by atoms with Gasteiger partial charge in [-0.25, -0.2) is 0 Å². The smallest absolute Gasteiger partial charge is 0.253 e. The van der Waals surface area contributed by atoms with E-state index in [1.54, 1.807) is 0 Å². The molecule has 1 aliphatic rings. The van der Waals surface area contributed by atoms with Crippen molar-refractivity contribution in [3.63, 3.8) is 0 Å². The highest BCUT2D eigenvalue weighted by molar-refractivity contribution is 6.18. The molecule has 0 radical (unpaired) electrons. The Hall–Kier alpha value is -1.06. The molecule has 0 spiro atoms. The molecule has 2 rings (SSSR count). The van der Waals surface area contributed by atoms with Crippen molar-refractivity contribution in [2.45, 2.75) is 0 Å². The van der Waals surface area contributed by atoms with E-state index in [0.717, 1.165) is 38.3 Å². The Balaban J connectivity index is 1.91. The molecule has 0 N–H and O–H groups in total. The summed E-state index contributed by atoms with van der Waals surface area (Å²) < 4.78 is 0. The van der Waals surface area contributed by atoms with Gasteiger partial charge in [0, 0.05) is 44.2 Å². The van der Waals surface area contributed by atoms with Crippen molar-refractivity contribution in [2.24, 2.45) is 0 Å². The predicted octanol–water partition coefficient (Wildman–Crippen LogP) is 1.68. The predicted molar refractivity (Wildman–Crippen MR) is 69.5 cm³/mol. The van der Waals surface area contributed by atoms with Crippen molar-refractivity contribution in [3.8, 4) is 0 Å². The van der Waals surface area contributed by atoms with Crippen LogP contribution in [0.3, 0.4) is 0 Å². The molecule has 0 unspecified atom stereocenters. The molecule has 1 aromatic carbocycles. The van der Waals surface area contributed by atoms with Gasteiger partial charge >= 0.3 is 0 Å². The number of piperazine rings is 1. The molecule has 0 atom stereocenters. The molecule has 0 aliphatic carbocycles. The first-order valence-electron chi connectivity index (χ1n) is 5.94. The van der Waals surface area contributed by atoms with E-state index < -0.39 is 0 Å². The summed E-state index contributed by atoms with van der Waals surface area (Å²) in [4.78, 5) is 16.4. The van der Waals surface area contributed by atoms with Gasteiger partial charge in [0.1, 0.15) is 0 Å². The second kappa shape index (κ2) is 6.03.